The molecule has 0 spiro atoms. The molecule has 0 bridgehead atoms. The summed E-state index contributed by atoms with van der Waals surface area (Å²) >= 11 is 10.5. The first-order valence-electron chi connectivity index (χ1n) is 7.21. The van der Waals surface area contributed by atoms with Gasteiger partial charge in [-0.2, -0.15) is 5.26 Å². The molecule has 0 saturated heterocycles. The van der Waals surface area contributed by atoms with Crippen molar-refractivity contribution in [3.05, 3.63) is 59.2 Å². The highest BCUT2D eigenvalue weighted by Gasteiger charge is 2.12. The van der Waals surface area contributed by atoms with Gasteiger partial charge in [0, 0.05) is 24.9 Å². The molecule has 0 unspecified atom stereocenters. The number of nitrogens with zero attached hydrogens (tertiary/aromatic N) is 1. The van der Waals surface area contributed by atoms with Crippen molar-refractivity contribution in [1.29, 1.82) is 5.26 Å². The third-order valence-electron chi connectivity index (χ3n) is 3.42. The van der Waals surface area contributed by atoms with Crippen LogP contribution >= 0.6 is 56.8 Å². The summed E-state index contributed by atoms with van der Waals surface area (Å²) in [4.78, 5) is 12.4. The number of halogens is 3. The van der Waals surface area contributed by atoms with E-state index in [1.54, 1.807) is 18.2 Å². The summed E-state index contributed by atoms with van der Waals surface area (Å²) in [5, 5.41) is 15.7. The van der Waals surface area contributed by atoms with Crippen LogP contribution in [-0.4, -0.2) is 13.0 Å². The molecule has 0 atom stereocenters. The summed E-state index contributed by atoms with van der Waals surface area (Å²) in [5.74, 6) is -0.467. The summed E-state index contributed by atoms with van der Waals surface area (Å²) in [5.41, 5.74) is 3.32. The van der Waals surface area contributed by atoms with E-state index < -0.39 is 5.91 Å². The van der Waals surface area contributed by atoms with Crippen LogP contribution in [-0.2, 0) is 4.79 Å². The SMILES string of the molecule is CNc1c(I)cc(/C=C(/C#N)C(=O)Nc2ccc(C)c(Cl)c2)cc1I. The molecule has 128 valence electrons. The Morgan fingerprint density at radius 3 is 2.40 bits per heavy atom. The lowest BCUT2D eigenvalue weighted by molar-refractivity contribution is -0.112. The molecular weight excluding hydrogens is 563 g/mol. The van der Waals surface area contributed by atoms with E-state index in [1.165, 1.54) is 0 Å². The van der Waals surface area contributed by atoms with E-state index in [1.807, 2.05) is 38.2 Å². The largest absolute Gasteiger partial charge is 0.386 e. The van der Waals surface area contributed by atoms with Crippen LogP contribution in [0.4, 0.5) is 11.4 Å². The van der Waals surface area contributed by atoms with Crippen molar-refractivity contribution in [2.45, 2.75) is 6.92 Å². The maximum Gasteiger partial charge on any atom is 0.266 e. The lowest BCUT2D eigenvalue weighted by atomic mass is 10.1. The molecule has 25 heavy (non-hydrogen) atoms. The molecule has 0 fully saturated rings. The number of hydrogen-bond acceptors (Lipinski definition) is 3. The molecule has 2 aromatic carbocycles. The molecule has 0 aliphatic heterocycles. The van der Waals surface area contributed by atoms with Crippen LogP contribution in [0.25, 0.3) is 6.08 Å². The molecule has 0 aromatic heterocycles. The predicted molar refractivity (Wildman–Crippen MR) is 120 cm³/mol. The van der Waals surface area contributed by atoms with E-state index >= 15 is 0 Å². The highest BCUT2D eigenvalue weighted by molar-refractivity contribution is 14.1. The third kappa shape index (κ3) is 5.09. The molecule has 2 rings (SSSR count). The predicted octanol–water partition coefficient (Wildman–Crippen LogP) is 5.45. The molecule has 0 aliphatic rings. The van der Waals surface area contributed by atoms with Gasteiger partial charge in [-0.05, 0) is 93.6 Å². The van der Waals surface area contributed by atoms with Crippen LogP contribution in [0.15, 0.2) is 35.9 Å². The molecule has 0 heterocycles. The second kappa shape index (κ2) is 8.87. The lowest BCUT2D eigenvalue weighted by Crippen LogP contribution is -2.13. The second-order valence-corrected chi connectivity index (χ2v) is 7.93. The Morgan fingerprint density at radius 1 is 1.24 bits per heavy atom. The fraction of sp³-hybridized carbons (Fsp3) is 0.111. The van der Waals surface area contributed by atoms with Crippen molar-refractivity contribution in [2.75, 3.05) is 17.7 Å². The van der Waals surface area contributed by atoms with Crippen LogP contribution in [0.5, 0.6) is 0 Å². The Bertz CT molecular complexity index is 881. The Balaban J connectivity index is 2.29. The standard InChI is InChI=1S/C18H14ClI2N3O/c1-10-3-4-13(8-14(10)19)24-18(25)12(9-22)5-11-6-15(20)17(23-2)16(21)7-11/h3-8,23H,1-2H3,(H,24,25)/b12-5-. The maximum atomic E-state index is 12.4. The molecule has 1 amide bonds. The minimum Gasteiger partial charge on any atom is -0.386 e. The highest BCUT2D eigenvalue weighted by atomic mass is 127. The highest BCUT2D eigenvalue weighted by Crippen LogP contribution is 2.27. The topological polar surface area (TPSA) is 64.9 Å². The summed E-state index contributed by atoms with van der Waals surface area (Å²) in [6, 6.07) is 11.0. The average Bonchev–Trinajstić information content (AvgIpc) is 2.55. The lowest BCUT2D eigenvalue weighted by Gasteiger charge is -2.09. The molecule has 0 saturated carbocycles. The van der Waals surface area contributed by atoms with Gasteiger partial charge in [-0.3, -0.25) is 4.79 Å². The van der Waals surface area contributed by atoms with Crippen LogP contribution in [0.2, 0.25) is 5.02 Å². The summed E-state index contributed by atoms with van der Waals surface area (Å²) in [6.45, 7) is 1.88. The van der Waals surface area contributed by atoms with Crippen molar-refractivity contribution in [1.82, 2.24) is 0 Å². The van der Waals surface area contributed by atoms with Crippen LogP contribution < -0.4 is 10.6 Å². The number of nitriles is 1. The van der Waals surface area contributed by atoms with Gasteiger partial charge in [0.25, 0.3) is 5.91 Å². The van der Waals surface area contributed by atoms with Gasteiger partial charge in [0.2, 0.25) is 0 Å². The van der Waals surface area contributed by atoms with Crippen molar-refractivity contribution in [3.63, 3.8) is 0 Å². The minimum atomic E-state index is -0.467. The van der Waals surface area contributed by atoms with E-state index in [-0.39, 0.29) is 5.57 Å². The second-order valence-electron chi connectivity index (χ2n) is 5.20. The molecule has 7 heteroatoms. The van der Waals surface area contributed by atoms with Crippen LogP contribution in [0.1, 0.15) is 11.1 Å². The number of nitrogens with one attached hydrogen (secondary N) is 2. The first kappa shape index (κ1) is 20.0. The zero-order valence-corrected chi connectivity index (χ0v) is 18.5. The maximum absolute atomic E-state index is 12.4. The number of carbonyl (C=O) groups is 1. The summed E-state index contributed by atoms with van der Waals surface area (Å²) < 4.78 is 2.03. The minimum absolute atomic E-state index is 0.0282. The van der Waals surface area contributed by atoms with E-state index in [2.05, 4.69) is 55.8 Å². The van der Waals surface area contributed by atoms with Gasteiger partial charge < -0.3 is 10.6 Å². The van der Waals surface area contributed by atoms with Crippen molar-refractivity contribution in [2.24, 2.45) is 0 Å². The van der Waals surface area contributed by atoms with E-state index in [4.69, 9.17) is 11.6 Å². The Hall–Kier alpha value is -1.31. The van der Waals surface area contributed by atoms with Gasteiger partial charge in [-0.1, -0.05) is 17.7 Å². The molecule has 2 N–H and O–H groups in total. The fourth-order valence-corrected chi connectivity index (χ4v) is 4.64. The third-order valence-corrected chi connectivity index (χ3v) is 5.53. The number of amides is 1. The number of rotatable bonds is 4. The van der Waals surface area contributed by atoms with Crippen molar-refractivity contribution in [3.8, 4) is 6.07 Å². The summed E-state index contributed by atoms with van der Waals surface area (Å²) in [6.07, 6.45) is 1.58. The summed E-state index contributed by atoms with van der Waals surface area (Å²) in [7, 11) is 1.86. The molecule has 4 nitrogen and oxygen atoms in total. The number of aryl methyl sites for hydroxylation is 1. The van der Waals surface area contributed by atoms with E-state index in [0.717, 1.165) is 24.0 Å². The number of benzene rings is 2. The number of carbonyl (C=O) groups excluding carboxylic acids is 1. The monoisotopic (exact) mass is 577 g/mol. The smallest absolute Gasteiger partial charge is 0.266 e. The van der Waals surface area contributed by atoms with Gasteiger partial charge in [0.15, 0.2) is 0 Å². The molecule has 2 aromatic rings. The van der Waals surface area contributed by atoms with Crippen molar-refractivity contribution < 1.29 is 4.79 Å². The Kier molecular flexibility index (Phi) is 7.10. The van der Waals surface area contributed by atoms with Gasteiger partial charge in [0.05, 0.1) is 5.69 Å². The Morgan fingerprint density at radius 2 is 1.88 bits per heavy atom. The molecule has 0 aliphatic carbocycles. The zero-order valence-electron chi connectivity index (χ0n) is 13.5. The quantitative estimate of drug-likeness (QED) is 0.289. The van der Waals surface area contributed by atoms with Gasteiger partial charge in [0.1, 0.15) is 11.6 Å². The zero-order chi connectivity index (χ0) is 18.6. The van der Waals surface area contributed by atoms with Crippen molar-refractivity contribution >= 4 is 80.1 Å². The average molecular weight is 578 g/mol. The van der Waals surface area contributed by atoms with E-state index in [9.17, 15) is 10.1 Å². The van der Waals surface area contributed by atoms with Crippen LogP contribution in [0.3, 0.4) is 0 Å². The normalized spacial score (nSPS) is 11.0. The Labute approximate surface area is 178 Å². The first-order valence-corrected chi connectivity index (χ1v) is 9.75. The number of anilines is 2. The molecule has 0 radical (unpaired) electrons. The van der Waals surface area contributed by atoms with Gasteiger partial charge in [-0.25, -0.2) is 0 Å². The van der Waals surface area contributed by atoms with Gasteiger partial charge >= 0.3 is 0 Å². The number of hydrogen-bond donors (Lipinski definition) is 2. The van der Waals surface area contributed by atoms with E-state index in [0.29, 0.717) is 10.7 Å². The fourth-order valence-electron chi connectivity index (χ4n) is 2.10. The first-order chi connectivity index (χ1) is 11.8. The molecular formula is C18H14ClI2N3O. The van der Waals surface area contributed by atoms with Gasteiger partial charge in [-0.15, -0.1) is 0 Å². The van der Waals surface area contributed by atoms with Crippen LogP contribution in [0, 0.1) is 25.4 Å².